The quantitative estimate of drug-likeness (QED) is 0.770. The van der Waals surface area contributed by atoms with Crippen molar-refractivity contribution in [3.8, 4) is 0 Å². The maximum atomic E-state index is 12.2. The minimum absolute atomic E-state index is 0.176. The lowest BCUT2D eigenvalue weighted by Crippen LogP contribution is -2.42. The van der Waals surface area contributed by atoms with Crippen LogP contribution in [0.15, 0.2) is 0 Å². The zero-order valence-corrected chi connectivity index (χ0v) is 9.89. The lowest BCUT2D eigenvalue weighted by Gasteiger charge is -2.30. The van der Waals surface area contributed by atoms with Crippen LogP contribution in [-0.2, 0) is 9.09 Å². The lowest BCUT2D eigenvalue weighted by molar-refractivity contribution is -0.138. The first-order valence-electron chi connectivity index (χ1n) is 4.55. The van der Waals surface area contributed by atoms with Gasteiger partial charge in [-0.1, -0.05) is 0 Å². The van der Waals surface area contributed by atoms with Gasteiger partial charge in [-0.15, -0.1) is 9.42 Å². The first-order chi connectivity index (χ1) is 7.28. The van der Waals surface area contributed by atoms with Gasteiger partial charge in [-0.05, 0) is 6.42 Å². The molecule has 4 atom stereocenters. The van der Waals surface area contributed by atoms with Crippen molar-refractivity contribution in [2.45, 2.75) is 36.4 Å². The fourth-order valence-corrected chi connectivity index (χ4v) is 3.38. The minimum atomic E-state index is -4.30. The topological polar surface area (TPSA) is 72.5 Å². The molecular formula is C7H12F3NO3PS+. The maximum Gasteiger partial charge on any atom is 0.695 e. The summed E-state index contributed by atoms with van der Waals surface area (Å²) in [6.45, 7) is 0. The van der Waals surface area contributed by atoms with E-state index in [4.69, 9.17) is 10.6 Å². The van der Waals surface area contributed by atoms with Gasteiger partial charge in [0.2, 0.25) is 0 Å². The summed E-state index contributed by atoms with van der Waals surface area (Å²) in [5.74, 6) is 0.406. The highest BCUT2D eigenvalue weighted by atomic mass is 32.2. The van der Waals surface area contributed by atoms with Gasteiger partial charge in [0.15, 0.2) is 0 Å². The molecule has 0 aromatic carbocycles. The monoisotopic (exact) mass is 278 g/mol. The summed E-state index contributed by atoms with van der Waals surface area (Å²) in [4.78, 5) is 8.56. The van der Waals surface area contributed by atoms with E-state index in [1.165, 1.54) is 0 Å². The molecule has 0 bridgehead atoms. The van der Waals surface area contributed by atoms with Crippen molar-refractivity contribution < 1.29 is 27.2 Å². The van der Waals surface area contributed by atoms with Gasteiger partial charge < -0.3 is 5.73 Å². The van der Waals surface area contributed by atoms with Crippen molar-refractivity contribution in [3.05, 3.63) is 0 Å². The van der Waals surface area contributed by atoms with Gasteiger partial charge in [-0.25, -0.2) is 0 Å². The van der Waals surface area contributed by atoms with Crippen molar-refractivity contribution in [2.75, 3.05) is 5.75 Å². The fourth-order valence-electron chi connectivity index (χ4n) is 1.52. The molecule has 9 heteroatoms. The highest BCUT2D eigenvalue weighted by Crippen LogP contribution is 2.38. The normalized spacial score (nSPS) is 32.6. The number of thioether (sulfide) groups is 1. The maximum absolute atomic E-state index is 12.2. The van der Waals surface area contributed by atoms with Gasteiger partial charge in [0.05, 0.1) is 6.42 Å². The Morgan fingerprint density at radius 3 is 2.69 bits per heavy atom. The zero-order chi connectivity index (χ0) is 12.3. The lowest BCUT2D eigenvalue weighted by atomic mass is 10.1. The summed E-state index contributed by atoms with van der Waals surface area (Å²) in [6.07, 6.45) is -6.07. The molecule has 1 aliphatic heterocycles. The Bertz CT molecular complexity index is 266. The average Bonchev–Trinajstić information content (AvgIpc) is 2.06. The third-order valence-electron chi connectivity index (χ3n) is 2.13. The number of alkyl halides is 3. The van der Waals surface area contributed by atoms with E-state index in [-0.39, 0.29) is 12.5 Å². The van der Waals surface area contributed by atoms with Crippen LogP contribution < -0.4 is 5.73 Å². The van der Waals surface area contributed by atoms with Crippen LogP contribution in [0.1, 0.15) is 12.8 Å². The Morgan fingerprint density at radius 1 is 1.56 bits per heavy atom. The molecule has 1 fully saturated rings. The number of hydrogen-bond donors (Lipinski definition) is 2. The van der Waals surface area contributed by atoms with Gasteiger partial charge in [0.25, 0.3) is 0 Å². The molecule has 0 aliphatic carbocycles. The minimum Gasteiger partial charge on any atom is -0.327 e. The number of hydrogen-bond acceptors (Lipinski definition) is 4. The van der Waals surface area contributed by atoms with E-state index < -0.39 is 32.2 Å². The molecule has 1 heterocycles. The predicted octanol–water partition coefficient (Wildman–Crippen LogP) is 1.81. The summed E-state index contributed by atoms with van der Waals surface area (Å²) in [5, 5.41) is -0.856. The van der Waals surface area contributed by atoms with Crippen molar-refractivity contribution in [3.63, 3.8) is 0 Å². The van der Waals surface area contributed by atoms with Crippen LogP contribution in [0.5, 0.6) is 0 Å². The molecule has 0 spiro atoms. The summed E-state index contributed by atoms with van der Waals surface area (Å²) in [6, 6.07) is -0.297. The zero-order valence-electron chi connectivity index (χ0n) is 8.18. The Kier molecular flexibility index (Phi) is 5.00. The van der Waals surface area contributed by atoms with Gasteiger partial charge >= 0.3 is 14.4 Å². The van der Waals surface area contributed by atoms with Gasteiger partial charge in [-0.3, -0.25) is 0 Å². The van der Waals surface area contributed by atoms with Crippen LogP contribution >= 0.6 is 20.0 Å². The molecular weight excluding hydrogens is 266 g/mol. The van der Waals surface area contributed by atoms with Gasteiger partial charge in [0.1, 0.15) is 6.10 Å². The highest BCUT2D eigenvalue weighted by molar-refractivity contribution is 8.00. The number of nitrogens with two attached hydrogens (primary N) is 1. The molecule has 3 N–H and O–H groups in total. The largest absolute Gasteiger partial charge is 0.695 e. The Labute approximate surface area is 95.7 Å². The van der Waals surface area contributed by atoms with E-state index in [2.05, 4.69) is 4.52 Å². The molecule has 0 saturated carbocycles. The third-order valence-corrected chi connectivity index (χ3v) is 4.10. The van der Waals surface area contributed by atoms with E-state index in [9.17, 15) is 17.7 Å². The summed E-state index contributed by atoms with van der Waals surface area (Å²) < 4.78 is 51.7. The van der Waals surface area contributed by atoms with Gasteiger partial charge in [-0.2, -0.15) is 24.9 Å². The van der Waals surface area contributed by atoms with Gasteiger partial charge in [0, 0.05) is 21.6 Å². The Morgan fingerprint density at radius 2 is 2.19 bits per heavy atom. The first-order valence-corrected chi connectivity index (χ1v) is 6.72. The van der Waals surface area contributed by atoms with Crippen molar-refractivity contribution in [1.82, 2.24) is 0 Å². The number of rotatable bonds is 3. The predicted molar refractivity (Wildman–Crippen MR) is 54.2 cm³/mol. The van der Waals surface area contributed by atoms with Crippen LogP contribution in [0.2, 0.25) is 0 Å². The average molecular weight is 278 g/mol. The highest BCUT2D eigenvalue weighted by Gasteiger charge is 2.42. The molecule has 16 heavy (non-hydrogen) atoms. The Hall–Kier alpha value is 0.120. The van der Waals surface area contributed by atoms with E-state index >= 15 is 0 Å². The van der Waals surface area contributed by atoms with Crippen LogP contribution in [0.4, 0.5) is 13.2 Å². The van der Waals surface area contributed by atoms with Crippen molar-refractivity contribution in [2.24, 2.45) is 5.73 Å². The second-order valence-corrected chi connectivity index (χ2v) is 5.53. The van der Waals surface area contributed by atoms with Crippen LogP contribution in [0, 0.1) is 0 Å². The molecule has 1 saturated heterocycles. The molecule has 0 aromatic heterocycles. The molecule has 1 rings (SSSR count). The smallest absolute Gasteiger partial charge is 0.327 e. The van der Waals surface area contributed by atoms with E-state index in [1.807, 2.05) is 0 Å². The molecule has 0 amide bonds. The second kappa shape index (κ2) is 5.64. The molecule has 0 radical (unpaired) electrons. The summed E-state index contributed by atoms with van der Waals surface area (Å²) >= 11 is 1.04. The van der Waals surface area contributed by atoms with Crippen molar-refractivity contribution >= 4 is 20.0 Å². The first kappa shape index (κ1) is 14.2. The molecule has 4 nitrogen and oxygen atoms in total. The standard InChI is InChI=1S/C7H11F3NO3PS/c8-7(9,10)2-6-5(14-15(12)13)1-4(11)3-16-6/h4-6H,1-3,11H2/p+1. The summed E-state index contributed by atoms with van der Waals surface area (Å²) in [5.41, 5.74) is 5.57. The number of halogens is 3. The molecule has 0 aromatic rings. The molecule has 4 unspecified atom stereocenters. The SMILES string of the molecule is NC1CSC(CC(F)(F)F)C(O[P+](=O)O)C1. The van der Waals surface area contributed by atoms with Crippen LogP contribution in [0.3, 0.4) is 0 Å². The fraction of sp³-hybridized carbons (Fsp3) is 1.00. The van der Waals surface area contributed by atoms with Crippen molar-refractivity contribution in [1.29, 1.82) is 0 Å². The van der Waals surface area contributed by atoms with Crippen LogP contribution in [0.25, 0.3) is 0 Å². The third kappa shape index (κ3) is 4.97. The van der Waals surface area contributed by atoms with Crippen LogP contribution in [-0.4, -0.2) is 34.2 Å². The second-order valence-electron chi connectivity index (χ2n) is 3.57. The van der Waals surface area contributed by atoms with E-state index in [1.54, 1.807) is 0 Å². The summed E-state index contributed by atoms with van der Waals surface area (Å²) in [7, 11) is -2.90. The Balaban J connectivity index is 2.61. The van der Waals surface area contributed by atoms with E-state index in [0.717, 1.165) is 11.8 Å². The molecule has 94 valence electrons. The van der Waals surface area contributed by atoms with E-state index in [0.29, 0.717) is 5.75 Å². The molecule has 1 aliphatic rings.